The lowest BCUT2D eigenvalue weighted by Gasteiger charge is -2.14. The summed E-state index contributed by atoms with van der Waals surface area (Å²) < 4.78 is 10.8. The predicted octanol–water partition coefficient (Wildman–Crippen LogP) is 2.11. The fourth-order valence-electron chi connectivity index (χ4n) is 1.95. The molecule has 0 amide bonds. The van der Waals surface area contributed by atoms with Crippen molar-refractivity contribution in [3.63, 3.8) is 0 Å². The van der Waals surface area contributed by atoms with Gasteiger partial charge in [-0.1, -0.05) is 0 Å². The van der Waals surface area contributed by atoms with E-state index in [1.54, 1.807) is 6.07 Å². The Morgan fingerprint density at radius 2 is 2.12 bits per heavy atom. The summed E-state index contributed by atoms with van der Waals surface area (Å²) in [6.45, 7) is 0. The van der Waals surface area contributed by atoms with Crippen LogP contribution in [0.15, 0.2) is 12.1 Å². The van der Waals surface area contributed by atoms with Crippen molar-refractivity contribution in [2.75, 3.05) is 7.11 Å². The molecule has 17 heavy (non-hydrogen) atoms. The van der Waals surface area contributed by atoms with Gasteiger partial charge in [-0.15, -0.1) is 0 Å². The van der Waals surface area contributed by atoms with Gasteiger partial charge in [0, 0.05) is 0 Å². The molecule has 0 saturated heterocycles. The Hall–Kier alpha value is -1.78. The first-order valence-electron chi connectivity index (χ1n) is 5.65. The number of hydrogen-bond donors (Lipinski definition) is 1. The summed E-state index contributed by atoms with van der Waals surface area (Å²) >= 11 is 0. The number of aromatic nitrogens is 1. The fraction of sp³-hybridized carbons (Fsp3) is 0.500. The number of methoxy groups -OCH3 is 1. The van der Waals surface area contributed by atoms with Crippen molar-refractivity contribution in [2.24, 2.45) is 0 Å². The van der Waals surface area contributed by atoms with E-state index in [1.807, 2.05) is 0 Å². The van der Waals surface area contributed by atoms with Gasteiger partial charge in [0.15, 0.2) is 11.4 Å². The second kappa shape index (κ2) is 5.03. The molecule has 1 aromatic heterocycles. The van der Waals surface area contributed by atoms with Gasteiger partial charge in [0.2, 0.25) is 0 Å². The zero-order chi connectivity index (χ0) is 12.3. The molecule has 1 aromatic rings. The Bertz CT molecular complexity index is 413. The third-order valence-corrected chi connectivity index (χ3v) is 2.84. The van der Waals surface area contributed by atoms with Gasteiger partial charge in [-0.2, -0.15) is 0 Å². The summed E-state index contributed by atoms with van der Waals surface area (Å²) in [7, 11) is 1.51. The lowest BCUT2D eigenvalue weighted by atomic mass is 10.3. The van der Waals surface area contributed by atoms with Crippen molar-refractivity contribution in [3.05, 3.63) is 17.8 Å². The van der Waals surface area contributed by atoms with Crippen LogP contribution in [-0.4, -0.2) is 29.3 Å². The van der Waals surface area contributed by atoms with Crippen molar-refractivity contribution < 1.29 is 19.4 Å². The molecule has 0 atom stereocenters. The van der Waals surface area contributed by atoms with Crippen molar-refractivity contribution in [2.45, 2.75) is 31.8 Å². The molecule has 1 fully saturated rings. The second-order valence-corrected chi connectivity index (χ2v) is 4.03. The Morgan fingerprint density at radius 3 is 2.71 bits per heavy atom. The van der Waals surface area contributed by atoms with Gasteiger partial charge in [-0.05, 0) is 37.8 Å². The molecule has 1 aliphatic carbocycles. The molecular weight excluding hydrogens is 222 g/mol. The zero-order valence-electron chi connectivity index (χ0n) is 9.68. The Morgan fingerprint density at radius 1 is 1.41 bits per heavy atom. The average Bonchev–Trinajstić information content (AvgIpc) is 2.81. The first-order chi connectivity index (χ1) is 8.20. The molecule has 1 aliphatic rings. The number of pyridine rings is 1. The van der Waals surface area contributed by atoms with Gasteiger partial charge in [0.05, 0.1) is 7.11 Å². The van der Waals surface area contributed by atoms with Crippen molar-refractivity contribution >= 4 is 5.97 Å². The maximum atomic E-state index is 10.8. The van der Waals surface area contributed by atoms with Gasteiger partial charge >= 0.3 is 5.97 Å². The first kappa shape index (κ1) is 11.7. The van der Waals surface area contributed by atoms with Crippen LogP contribution in [0.5, 0.6) is 11.6 Å². The molecule has 92 valence electrons. The average molecular weight is 237 g/mol. The maximum absolute atomic E-state index is 10.8. The fourth-order valence-corrected chi connectivity index (χ4v) is 1.95. The van der Waals surface area contributed by atoms with E-state index in [4.69, 9.17) is 14.6 Å². The van der Waals surface area contributed by atoms with Gasteiger partial charge in [-0.3, -0.25) is 0 Å². The van der Waals surface area contributed by atoms with E-state index < -0.39 is 5.97 Å². The second-order valence-electron chi connectivity index (χ2n) is 4.03. The Labute approximate surface area is 99.4 Å². The Balaban J connectivity index is 2.21. The number of ether oxygens (including phenoxy) is 2. The molecule has 1 N–H and O–H groups in total. The molecule has 2 rings (SSSR count). The van der Waals surface area contributed by atoms with Crippen LogP contribution in [0, 0.1) is 0 Å². The van der Waals surface area contributed by atoms with Crippen molar-refractivity contribution in [3.8, 4) is 11.6 Å². The largest absolute Gasteiger partial charge is 0.491 e. The molecule has 0 aromatic carbocycles. The highest BCUT2D eigenvalue weighted by Gasteiger charge is 2.20. The molecular formula is C12H15NO4. The number of carboxylic acids is 1. The number of aromatic carboxylic acids is 1. The molecule has 1 saturated carbocycles. The predicted molar refractivity (Wildman–Crippen MR) is 60.6 cm³/mol. The molecule has 5 nitrogen and oxygen atoms in total. The molecule has 0 unspecified atom stereocenters. The van der Waals surface area contributed by atoms with Crippen LogP contribution in [0.1, 0.15) is 36.2 Å². The minimum Gasteiger partial charge on any atom is -0.491 e. The lowest BCUT2D eigenvalue weighted by molar-refractivity contribution is 0.0688. The van der Waals surface area contributed by atoms with E-state index in [0.717, 1.165) is 25.7 Å². The van der Waals surface area contributed by atoms with Crippen LogP contribution in [0.2, 0.25) is 0 Å². The molecule has 0 spiro atoms. The highest BCUT2D eigenvalue weighted by molar-refractivity contribution is 5.85. The van der Waals surface area contributed by atoms with Crippen LogP contribution in [0.3, 0.4) is 0 Å². The summed E-state index contributed by atoms with van der Waals surface area (Å²) in [5.41, 5.74) is -0.0289. The highest BCUT2D eigenvalue weighted by atomic mass is 16.5. The van der Waals surface area contributed by atoms with Crippen LogP contribution < -0.4 is 9.47 Å². The van der Waals surface area contributed by atoms with Gasteiger partial charge in [0.25, 0.3) is 5.88 Å². The lowest BCUT2D eigenvalue weighted by Crippen LogP contribution is -2.14. The van der Waals surface area contributed by atoms with Crippen LogP contribution in [0.4, 0.5) is 0 Å². The number of hydrogen-bond acceptors (Lipinski definition) is 4. The number of nitrogens with zero attached hydrogens (tertiary/aromatic N) is 1. The van der Waals surface area contributed by atoms with Crippen LogP contribution >= 0.6 is 0 Å². The van der Waals surface area contributed by atoms with Crippen LogP contribution in [-0.2, 0) is 0 Å². The molecule has 0 radical (unpaired) electrons. The van der Waals surface area contributed by atoms with Crippen molar-refractivity contribution in [1.82, 2.24) is 4.98 Å². The smallest absolute Gasteiger partial charge is 0.354 e. The number of rotatable bonds is 4. The SMILES string of the molecule is COc1ccc(C(=O)O)nc1OC1CCCC1. The third-order valence-electron chi connectivity index (χ3n) is 2.84. The summed E-state index contributed by atoms with van der Waals surface area (Å²) in [6.07, 6.45) is 4.39. The molecule has 0 aliphatic heterocycles. The topological polar surface area (TPSA) is 68.7 Å². The van der Waals surface area contributed by atoms with E-state index in [-0.39, 0.29) is 17.7 Å². The number of carbonyl (C=O) groups is 1. The van der Waals surface area contributed by atoms with Crippen LogP contribution in [0.25, 0.3) is 0 Å². The zero-order valence-corrected chi connectivity index (χ0v) is 9.68. The Kier molecular flexibility index (Phi) is 3.46. The third kappa shape index (κ3) is 2.67. The highest BCUT2D eigenvalue weighted by Crippen LogP contribution is 2.29. The monoisotopic (exact) mass is 237 g/mol. The summed E-state index contributed by atoms with van der Waals surface area (Å²) in [5.74, 6) is -0.315. The molecule has 0 bridgehead atoms. The summed E-state index contributed by atoms with van der Waals surface area (Å²) in [5, 5.41) is 8.87. The maximum Gasteiger partial charge on any atom is 0.354 e. The van der Waals surface area contributed by atoms with E-state index in [2.05, 4.69) is 4.98 Å². The van der Waals surface area contributed by atoms with Gasteiger partial charge in [0.1, 0.15) is 6.10 Å². The van der Waals surface area contributed by atoms with E-state index in [1.165, 1.54) is 13.2 Å². The van der Waals surface area contributed by atoms with Crippen molar-refractivity contribution in [1.29, 1.82) is 0 Å². The van der Waals surface area contributed by atoms with Gasteiger partial charge < -0.3 is 14.6 Å². The first-order valence-corrected chi connectivity index (χ1v) is 5.65. The van der Waals surface area contributed by atoms with E-state index in [0.29, 0.717) is 5.75 Å². The normalized spacial score (nSPS) is 15.8. The van der Waals surface area contributed by atoms with E-state index >= 15 is 0 Å². The number of carboxylic acid groups (broad SMARTS) is 1. The summed E-state index contributed by atoms with van der Waals surface area (Å²) in [4.78, 5) is 14.8. The molecule has 5 heteroatoms. The van der Waals surface area contributed by atoms with Gasteiger partial charge in [-0.25, -0.2) is 9.78 Å². The quantitative estimate of drug-likeness (QED) is 0.868. The van der Waals surface area contributed by atoms with E-state index in [9.17, 15) is 4.79 Å². The molecule has 1 heterocycles. The minimum absolute atomic E-state index is 0.0289. The summed E-state index contributed by atoms with van der Waals surface area (Å²) in [6, 6.07) is 2.98. The standard InChI is InChI=1S/C12H15NO4/c1-16-10-7-6-9(12(14)15)13-11(10)17-8-4-2-3-5-8/h6-8H,2-5H2,1H3,(H,14,15). The minimum atomic E-state index is -1.07.